The summed E-state index contributed by atoms with van der Waals surface area (Å²) < 4.78 is 10.7. The minimum absolute atomic E-state index is 0.418. The molecule has 0 bridgehead atoms. The van der Waals surface area contributed by atoms with Crippen LogP contribution in [-0.4, -0.2) is 5.16 Å². The number of benzene rings is 2. The average Bonchev–Trinajstić information content (AvgIpc) is 2.92. The van der Waals surface area contributed by atoms with Crippen LogP contribution in [0.2, 0.25) is 0 Å². The van der Waals surface area contributed by atoms with Crippen LogP contribution >= 0.6 is 0 Å². The van der Waals surface area contributed by atoms with Crippen molar-refractivity contribution in [2.24, 2.45) is 0 Å². The Bertz CT molecular complexity index is 712. The summed E-state index contributed by atoms with van der Waals surface area (Å²) in [7, 11) is 0. The van der Waals surface area contributed by atoms with Gasteiger partial charge in [0.25, 0.3) is 0 Å². The zero-order valence-corrected chi connectivity index (χ0v) is 12.2. The third kappa shape index (κ3) is 3.31. The maximum atomic E-state index is 5.69. The molecule has 1 aromatic heterocycles. The van der Waals surface area contributed by atoms with Gasteiger partial charge in [0.15, 0.2) is 0 Å². The lowest BCUT2D eigenvalue weighted by Crippen LogP contribution is -1.95. The highest BCUT2D eigenvalue weighted by atomic mass is 16.5. The van der Waals surface area contributed by atoms with Gasteiger partial charge in [0.1, 0.15) is 23.8 Å². The van der Waals surface area contributed by atoms with E-state index in [9.17, 15) is 0 Å². The normalized spacial score (nSPS) is 10.6. The molecule has 0 fully saturated rings. The lowest BCUT2D eigenvalue weighted by atomic mass is 10.0. The highest BCUT2D eigenvalue weighted by Gasteiger charge is 2.02. The van der Waals surface area contributed by atoms with Crippen LogP contribution in [0.3, 0.4) is 0 Å². The van der Waals surface area contributed by atoms with E-state index < -0.39 is 0 Å². The van der Waals surface area contributed by atoms with Crippen LogP contribution in [0, 0.1) is 13.8 Å². The van der Waals surface area contributed by atoms with E-state index in [0.29, 0.717) is 6.61 Å². The van der Waals surface area contributed by atoms with Gasteiger partial charge in [0, 0.05) is 6.07 Å². The Kier molecular flexibility index (Phi) is 3.73. The van der Waals surface area contributed by atoms with Crippen molar-refractivity contribution < 1.29 is 9.26 Å². The summed E-state index contributed by atoms with van der Waals surface area (Å²) in [6, 6.07) is 18.4. The van der Waals surface area contributed by atoms with Crippen molar-refractivity contribution in [1.82, 2.24) is 5.16 Å². The molecule has 3 nitrogen and oxygen atoms in total. The molecular weight excluding hydrogens is 262 g/mol. The molecule has 0 saturated carbocycles. The largest absolute Gasteiger partial charge is 0.487 e. The van der Waals surface area contributed by atoms with E-state index in [1.165, 1.54) is 16.7 Å². The van der Waals surface area contributed by atoms with Crippen molar-refractivity contribution >= 4 is 0 Å². The van der Waals surface area contributed by atoms with Crippen molar-refractivity contribution in [3.8, 4) is 16.9 Å². The summed E-state index contributed by atoms with van der Waals surface area (Å²) in [6.07, 6.45) is 0. The first-order valence-electron chi connectivity index (χ1n) is 6.93. The number of hydrogen-bond donors (Lipinski definition) is 0. The number of ether oxygens (including phenoxy) is 1. The van der Waals surface area contributed by atoms with Crippen molar-refractivity contribution in [3.63, 3.8) is 0 Å². The van der Waals surface area contributed by atoms with Crippen LogP contribution in [0.15, 0.2) is 59.1 Å². The van der Waals surface area contributed by atoms with Crippen LogP contribution in [0.25, 0.3) is 11.1 Å². The van der Waals surface area contributed by atoms with Gasteiger partial charge >= 0.3 is 0 Å². The molecule has 0 amide bonds. The van der Waals surface area contributed by atoms with E-state index in [0.717, 1.165) is 17.2 Å². The highest BCUT2D eigenvalue weighted by Crippen LogP contribution is 2.23. The smallest absolute Gasteiger partial charge is 0.134 e. The summed E-state index contributed by atoms with van der Waals surface area (Å²) in [5.41, 5.74) is 4.45. The standard InChI is InChI=1S/C18H17NO2/c1-13-3-5-15(6-4-13)16-7-9-18(10-8-16)20-12-17-11-14(2)21-19-17/h3-11H,12H2,1-2H3. The van der Waals surface area contributed by atoms with Crippen molar-refractivity contribution in [2.45, 2.75) is 20.5 Å². The van der Waals surface area contributed by atoms with E-state index in [4.69, 9.17) is 9.26 Å². The summed E-state index contributed by atoms with van der Waals surface area (Å²) in [5.74, 6) is 1.62. The van der Waals surface area contributed by atoms with Gasteiger partial charge in [0.2, 0.25) is 0 Å². The fraction of sp³-hybridized carbons (Fsp3) is 0.167. The Morgan fingerprint density at radius 1 is 0.905 bits per heavy atom. The van der Waals surface area contributed by atoms with Crippen molar-refractivity contribution in [2.75, 3.05) is 0 Å². The molecule has 21 heavy (non-hydrogen) atoms. The second-order valence-corrected chi connectivity index (χ2v) is 5.11. The molecule has 1 heterocycles. The first-order chi connectivity index (χ1) is 10.2. The summed E-state index contributed by atoms with van der Waals surface area (Å²) >= 11 is 0. The van der Waals surface area contributed by atoms with Crippen molar-refractivity contribution in [1.29, 1.82) is 0 Å². The molecule has 3 aromatic rings. The molecule has 0 unspecified atom stereocenters. The van der Waals surface area contributed by atoms with Gasteiger partial charge in [0.05, 0.1) is 0 Å². The fourth-order valence-corrected chi connectivity index (χ4v) is 2.13. The van der Waals surface area contributed by atoms with Crippen molar-refractivity contribution in [3.05, 3.63) is 71.6 Å². The molecule has 3 heteroatoms. The van der Waals surface area contributed by atoms with Gasteiger partial charge < -0.3 is 9.26 Å². The van der Waals surface area contributed by atoms with E-state index in [1.807, 2.05) is 25.1 Å². The molecule has 0 radical (unpaired) electrons. The Hall–Kier alpha value is -2.55. The topological polar surface area (TPSA) is 35.3 Å². The molecule has 0 atom stereocenters. The summed E-state index contributed by atoms with van der Waals surface area (Å²) in [5, 5.41) is 3.90. The average molecular weight is 279 g/mol. The Morgan fingerprint density at radius 3 is 2.10 bits per heavy atom. The van der Waals surface area contributed by atoms with Crippen LogP contribution in [0.5, 0.6) is 5.75 Å². The third-order valence-corrected chi connectivity index (χ3v) is 3.30. The maximum Gasteiger partial charge on any atom is 0.134 e. The van der Waals surface area contributed by atoms with Gasteiger partial charge in [-0.15, -0.1) is 0 Å². The predicted molar refractivity (Wildman–Crippen MR) is 82.2 cm³/mol. The highest BCUT2D eigenvalue weighted by molar-refractivity contribution is 5.64. The second-order valence-electron chi connectivity index (χ2n) is 5.11. The lowest BCUT2D eigenvalue weighted by Gasteiger charge is -2.06. The van der Waals surface area contributed by atoms with E-state index >= 15 is 0 Å². The quantitative estimate of drug-likeness (QED) is 0.703. The SMILES string of the molecule is Cc1ccc(-c2ccc(OCc3cc(C)on3)cc2)cc1. The monoisotopic (exact) mass is 279 g/mol. The van der Waals surface area contributed by atoms with E-state index in [2.05, 4.69) is 48.5 Å². The molecule has 0 aliphatic heterocycles. The summed E-state index contributed by atoms with van der Waals surface area (Å²) in [4.78, 5) is 0. The molecular formula is C18H17NO2. The first kappa shape index (κ1) is 13.4. The van der Waals surface area contributed by atoms with Gasteiger partial charge in [-0.3, -0.25) is 0 Å². The third-order valence-electron chi connectivity index (χ3n) is 3.30. The zero-order valence-electron chi connectivity index (χ0n) is 12.2. The van der Waals surface area contributed by atoms with E-state index in [-0.39, 0.29) is 0 Å². The molecule has 3 rings (SSSR count). The molecule has 0 saturated heterocycles. The van der Waals surface area contributed by atoms with Gasteiger partial charge in [-0.25, -0.2) is 0 Å². The Labute approximate surface area is 124 Å². The number of rotatable bonds is 4. The number of nitrogens with zero attached hydrogens (tertiary/aromatic N) is 1. The summed E-state index contributed by atoms with van der Waals surface area (Å²) in [6.45, 7) is 4.38. The molecule has 2 aromatic carbocycles. The number of hydrogen-bond acceptors (Lipinski definition) is 3. The predicted octanol–water partition coefficient (Wildman–Crippen LogP) is 4.54. The van der Waals surface area contributed by atoms with Gasteiger partial charge in [-0.1, -0.05) is 47.1 Å². The molecule has 0 spiro atoms. The number of aryl methyl sites for hydroxylation is 2. The van der Waals surface area contributed by atoms with Gasteiger partial charge in [-0.2, -0.15) is 0 Å². The van der Waals surface area contributed by atoms with Crippen LogP contribution < -0.4 is 4.74 Å². The molecule has 106 valence electrons. The minimum Gasteiger partial charge on any atom is -0.487 e. The molecule has 0 aliphatic carbocycles. The lowest BCUT2D eigenvalue weighted by molar-refractivity contribution is 0.288. The van der Waals surface area contributed by atoms with Crippen LogP contribution in [0.1, 0.15) is 17.0 Å². The first-order valence-corrected chi connectivity index (χ1v) is 6.93. The van der Waals surface area contributed by atoms with E-state index in [1.54, 1.807) is 0 Å². The fourth-order valence-electron chi connectivity index (χ4n) is 2.13. The second kappa shape index (κ2) is 5.83. The van der Waals surface area contributed by atoms with Crippen LogP contribution in [-0.2, 0) is 6.61 Å². The Balaban J connectivity index is 1.67. The van der Waals surface area contributed by atoms with Gasteiger partial charge in [-0.05, 0) is 37.1 Å². The molecule has 0 aliphatic rings. The number of aromatic nitrogens is 1. The molecule has 0 N–H and O–H groups in total. The Morgan fingerprint density at radius 2 is 1.52 bits per heavy atom. The van der Waals surface area contributed by atoms with Crippen LogP contribution in [0.4, 0.5) is 0 Å². The maximum absolute atomic E-state index is 5.69. The zero-order chi connectivity index (χ0) is 14.7. The minimum atomic E-state index is 0.418.